The number of piperazine rings is 1. The number of aldehydes is 1. The van der Waals surface area contributed by atoms with Crippen molar-refractivity contribution < 1.29 is 28.1 Å². The first kappa shape index (κ1) is 22.0. The first-order valence-electron chi connectivity index (χ1n) is 9.56. The molecule has 2 aromatic rings. The normalized spacial score (nSPS) is 13.7. The quantitative estimate of drug-likeness (QED) is 0.289. The summed E-state index contributed by atoms with van der Waals surface area (Å²) in [7, 11) is 0. The van der Waals surface area contributed by atoms with Crippen LogP contribution in [0.5, 0.6) is 0 Å². The fourth-order valence-corrected chi connectivity index (χ4v) is 3.38. The van der Waals surface area contributed by atoms with Crippen LogP contribution in [0, 0.1) is 21.7 Å². The van der Waals surface area contributed by atoms with Crippen LogP contribution in [0.25, 0.3) is 0 Å². The van der Waals surface area contributed by atoms with Crippen molar-refractivity contribution in [1.82, 2.24) is 4.90 Å². The average molecular weight is 431 g/mol. The number of nitrogens with zero attached hydrogens (tertiary/aromatic N) is 3. The lowest BCUT2D eigenvalue weighted by Gasteiger charge is -2.36. The molecule has 3 rings (SSSR count). The summed E-state index contributed by atoms with van der Waals surface area (Å²) in [5.41, 5.74) is -0.320. The number of amides is 1. The number of anilines is 1. The van der Waals surface area contributed by atoms with E-state index in [1.807, 2.05) is 0 Å². The third-order valence-corrected chi connectivity index (χ3v) is 5.06. The Morgan fingerprint density at radius 2 is 1.74 bits per heavy atom. The highest BCUT2D eigenvalue weighted by Crippen LogP contribution is 2.24. The fourth-order valence-electron chi connectivity index (χ4n) is 3.38. The van der Waals surface area contributed by atoms with Gasteiger partial charge in [-0.2, -0.15) is 0 Å². The van der Waals surface area contributed by atoms with Crippen LogP contribution >= 0.6 is 0 Å². The predicted molar refractivity (Wildman–Crippen MR) is 107 cm³/mol. The molecule has 1 fully saturated rings. The van der Waals surface area contributed by atoms with E-state index >= 15 is 0 Å². The molecule has 31 heavy (non-hydrogen) atoms. The Kier molecular flexibility index (Phi) is 6.68. The molecule has 0 radical (unpaired) electrons. The van der Waals surface area contributed by atoms with Crippen molar-refractivity contribution in [3.8, 4) is 0 Å². The van der Waals surface area contributed by atoms with E-state index in [0.29, 0.717) is 6.29 Å². The number of hydrogen-bond acceptors (Lipinski definition) is 6. The van der Waals surface area contributed by atoms with E-state index in [1.54, 1.807) is 4.90 Å². The number of Topliss-reactive ketones (excluding diaryl/α,β-unsaturated/α-hetero) is 1. The highest BCUT2D eigenvalue weighted by atomic mass is 19.1. The maximum Gasteiger partial charge on any atom is 0.270 e. The summed E-state index contributed by atoms with van der Waals surface area (Å²) in [6.07, 6.45) is 0.712. The second kappa shape index (κ2) is 9.41. The molecule has 0 unspecified atom stereocenters. The molecule has 162 valence electrons. The number of carbonyl (C=O) groups is 3. The number of non-ortho nitro benzene ring substituents is 1. The molecule has 1 heterocycles. The van der Waals surface area contributed by atoms with E-state index < -0.39 is 22.5 Å². The van der Waals surface area contributed by atoms with Gasteiger partial charge in [-0.05, 0) is 24.3 Å². The first-order valence-corrected chi connectivity index (χ1v) is 9.56. The summed E-state index contributed by atoms with van der Waals surface area (Å²) >= 11 is 0. The van der Waals surface area contributed by atoms with Crippen LogP contribution in [0.15, 0.2) is 36.4 Å². The van der Waals surface area contributed by atoms with Crippen molar-refractivity contribution in [1.29, 1.82) is 0 Å². The van der Waals surface area contributed by atoms with Gasteiger partial charge in [0.15, 0.2) is 5.78 Å². The van der Waals surface area contributed by atoms with Gasteiger partial charge in [0.25, 0.3) is 11.6 Å². The maximum absolute atomic E-state index is 14.6. The number of benzene rings is 2. The molecule has 0 aromatic heterocycles. The van der Waals surface area contributed by atoms with Gasteiger partial charge in [-0.3, -0.25) is 19.7 Å². The van der Waals surface area contributed by atoms with E-state index in [1.165, 1.54) is 17.0 Å². The number of carbonyl (C=O) groups excluding carboxylic acids is 3. The number of ketones is 1. The van der Waals surface area contributed by atoms with E-state index in [-0.39, 0.29) is 67.3 Å². The van der Waals surface area contributed by atoms with E-state index in [2.05, 4.69) is 0 Å². The lowest BCUT2D eigenvalue weighted by Crippen LogP contribution is -2.49. The summed E-state index contributed by atoms with van der Waals surface area (Å²) < 4.78 is 28.6. The molecule has 1 aliphatic rings. The largest absolute Gasteiger partial charge is 0.366 e. The van der Waals surface area contributed by atoms with Gasteiger partial charge in [0.05, 0.1) is 16.2 Å². The van der Waals surface area contributed by atoms with Crippen molar-refractivity contribution in [2.24, 2.45) is 0 Å². The number of nitro groups is 1. The molecule has 0 saturated carbocycles. The second-order valence-corrected chi connectivity index (χ2v) is 7.00. The van der Waals surface area contributed by atoms with E-state index in [0.717, 1.165) is 24.3 Å². The second-order valence-electron chi connectivity index (χ2n) is 7.00. The lowest BCUT2D eigenvalue weighted by atomic mass is 10.1. The SMILES string of the molecule is O=CCCC(=O)c1ccc(N2CCN(C(=O)c3cc([N+](=O)[O-])ccc3F)CC2)c(F)c1. The van der Waals surface area contributed by atoms with Crippen LogP contribution in [-0.2, 0) is 4.79 Å². The van der Waals surface area contributed by atoms with Gasteiger partial charge in [0.1, 0.15) is 17.9 Å². The predicted octanol–water partition coefficient (Wildman–Crippen LogP) is 3.00. The molecule has 0 aliphatic carbocycles. The standard InChI is InChI=1S/C21H19F2N3O5/c22-17-5-4-15(26(30)31)13-16(17)21(29)25-9-7-24(8-10-25)19-6-3-14(12-18(19)23)20(28)2-1-11-27/h3-6,11-13H,1-2,7-10H2. The highest BCUT2D eigenvalue weighted by Gasteiger charge is 2.27. The number of rotatable bonds is 7. The topological polar surface area (TPSA) is 101 Å². The summed E-state index contributed by atoms with van der Waals surface area (Å²) in [6.45, 7) is 0.857. The summed E-state index contributed by atoms with van der Waals surface area (Å²) in [5, 5.41) is 10.9. The Morgan fingerprint density at radius 3 is 2.35 bits per heavy atom. The maximum atomic E-state index is 14.6. The molecule has 10 heteroatoms. The molecule has 0 bridgehead atoms. The Balaban J connectivity index is 1.68. The van der Waals surface area contributed by atoms with Crippen molar-refractivity contribution >= 4 is 29.4 Å². The summed E-state index contributed by atoms with van der Waals surface area (Å²) in [4.78, 5) is 48.2. The zero-order chi connectivity index (χ0) is 22.5. The molecule has 0 N–H and O–H groups in total. The van der Waals surface area contributed by atoms with Crippen LogP contribution in [-0.4, -0.2) is 54.0 Å². The van der Waals surface area contributed by atoms with Gasteiger partial charge in [-0.1, -0.05) is 0 Å². The monoisotopic (exact) mass is 431 g/mol. The molecule has 8 nitrogen and oxygen atoms in total. The van der Waals surface area contributed by atoms with Crippen molar-refractivity contribution in [3.05, 3.63) is 69.3 Å². The summed E-state index contributed by atoms with van der Waals surface area (Å²) in [5.74, 6) is -2.44. The highest BCUT2D eigenvalue weighted by molar-refractivity contribution is 5.97. The Hall–Kier alpha value is -3.69. The van der Waals surface area contributed by atoms with Gasteiger partial charge in [-0.15, -0.1) is 0 Å². The van der Waals surface area contributed by atoms with Crippen LogP contribution in [0.4, 0.5) is 20.2 Å². The first-order chi connectivity index (χ1) is 14.8. The third-order valence-electron chi connectivity index (χ3n) is 5.06. The molecular weight excluding hydrogens is 412 g/mol. The Bertz CT molecular complexity index is 1040. The van der Waals surface area contributed by atoms with Crippen molar-refractivity contribution in [2.75, 3.05) is 31.1 Å². The molecule has 0 spiro atoms. The van der Waals surface area contributed by atoms with Crippen LogP contribution < -0.4 is 4.90 Å². The Labute approximate surface area is 176 Å². The van der Waals surface area contributed by atoms with E-state index in [4.69, 9.17) is 0 Å². The number of hydrogen-bond donors (Lipinski definition) is 0. The molecule has 1 saturated heterocycles. The van der Waals surface area contributed by atoms with E-state index in [9.17, 15) is 33.3 Å². The summed E-state index contributed by atoms with van der Waals surface area (Å²) in [6, 6.07) is 6.86. The molecule has 1 amide bonds. The van der Waals surface area contributed by atoms with Crippen molar-refractivity contribution in [2.45, 2.75) is 12.8 Å². The van der Waals surface area contributed by atoms with Crippen LogP contribution in [0.3, 0.4) is 0 Å². The molecule has 2 aromatic carbocycles. The fraction of sp³-hybridized carbons (Fsp3) is 0.286. The Morgan fingerprint density at radius 1 is 1.03 bits per heavy atom. The van der Waals surface area contributed by atoms with Gasteiger partial charge in [0, 0.05) is 56.7 Å². The average Bonchev–Trinajstić information content (AvgIpc) is 2.77. The van der Waals surface area contributed by atoms with Gasteiger partial charge >= 0.3 is 0 Å². The minimum absolute atomic E-state index is 0.0112. The molecular formula is C21H19F2N3O5. The van der Waals surface area contributed by atoms with Crippen LogP contribution in [0.2, 0.25) is 0 Å². The number of nitro benzene ring substituents is 1. The smallest absolute Gasteiger partial charge is 0.270 e. The molecule has 0 atom stereocenters. The number of halogens is 2. The zero-order valence-corrected chi connectivity index (χ0v) is 16.4. The van der Waals surface area contributed by atoms with Gasteiger partial charge in [-0.25, -0.2) is 8.78 Å². The zero-order valence-electron chi connectivity index (χ0n) is 16.4. The van der Waals surface area contributed by atoms with Gasteiger partial charge in [0.2, 0.25) is 0 Å². The lowest BCUT2D eigenvalue weighted by molar-refractivity contribution is -0.384. The van der Waals surface area contributed by atoms with Gasteiger partial charge < -0.3 is 14.6 Å². The minimum Gasteiger partial charge on any atom is -0.366 e. The molecule has 1 aliphatic heterocycles. The van der Waals surface area contributed by atoms with Crippen molar-refractivity contribution in [3.63, 3.8) is 0 Å². The minimum atomic E-state index is -0.848. The third kappa shape index (κ3) is 4.90. The van der Waals surface area contributed by atoms with Crippen LogP contribution in [0.1, 0.15) is 33.6 Å².